The van der Waals surface area contributed by atoms with E-state index < -0.39 is 0 Å². The molecule has 156 valence electrons. The van der Waals surface area contributed by atoms with Crippen molar-refractivity contribution in [1.82, 2.24) is 0 Å². The van der Waals surface area contributed by atoms with Gasteiger partial charge < -0.3 is 5.32 Å². The van der Waals surface area contributed by atoms with E-state index in [1.807, 2.05) is 36.4 Å². The molecule has 0 amide bonds. The van der Waals surface area contributed by atoms with Gasteiger partial charge in [-0.25, -0.2) is 0 Å². The number of allylic oxidation sites excluding steroid dienone is 1. The van der Waals surface area contributed by atoms with Crippen LogP contribution in [0.5, 0.6) is 0 Å². The number of para-hydroxylation sites is 2. The SMILES string of the molecule is C(=C\c1ccccc1)/C=[N+](\c1ccccc1)[C@@H](/C=C/c1ccccc1)Nc1ccccc1. The molecule has 4 rings (SSSR count). The van der Waals surface area contributed by atoms with Crippen LogP contribution in [-0.4, -0.2) is 17.0 Å². The van der Waals surface area contributed by atoms with E-state index in [9.17, 15) is 0 Å². The molecule has 0 fully saturated rings. The van der Waals surface area contributed by atoms with Crippen molar-refractivity contribution in [2.75, 3.05) is 5.32 Å². The van der Waals surface area contributed by atoms with Crippen molar-refractivity contribution in [3.63, 3.8) is 0 Å². The first kappa shape index (κ1) is 21.1. The second kappa shape index (κ2) is 11.3. The molecule has 0 radical (unpaired) electrons. The van der Waals surface area contributed by atoms with Crippen molar-refractivity contribution in [1.29, 1.82) is 0 Å². The Morgan fingerprint density at radius 3 is 1.66 bits per heavy atom. The molecule has 0 aromatic heterocycles. The minimum atomic E-state index is -0.0829. The molecule has 0 spiro atoms. The third-order valence-electron chi connectivity index (χ3n) is 5.05. The Labute approximate surface area is 190 Å². The zero-order valence-electron chi connectivity index (χ0n) is 18.0. The number of hydrogen-bond donors (Lipinski definition) is 1. The largest absolute Gasteiger partial charge is 0.324 e. The summed E-state index contributed by atoms with van der Waals surface area (Å²) < 4.78 is 2.24. The van der Waals surface area contributed by atoms with Gasteiger partial charge in [-0.15, -0.1) is 0 Å². The molecular weight excluding hydrogens is 388 g/mol. The van der Waals surface area contributed by atoms with Crippen molar-refractivity contribution in [3.05, 3.63) is 145 Å². The molecule has 1 atom stereocenters. The zero-order chi connectivity index (χ0) is 21.8. The van der Waals surface area contributed by atoms with Crippen LogP contribution in [0.2, 0.25) is 0 Å². The topological polar surface area (TPSA) is 15.0 Å². The summed E-state index contributed by atoms with van der Waals surface area (Å²) in [5, 5.41) is 3.67. The van der Waals surface area contributed by atoms with Gasteiger partial charge in [-0.1, -0.05) is 103 Å². The van der Waals surface area contributed by atoms with Gasteiger partial charge in [0.15, 0.2) is 6.21 Å². The quantitative estimate of drug-likeness (QED) is 0.182. The molecule has 0 aliphatic rings. The average molecular weight is 416 g/mol. The Morgan fingerprint density at radius 2 is 1.06 bits per heavy atom. The van der Waals surface area contributed by atoms with Gasteiger partial charge in [-0.2, -0.15) is 4.58 Å². The molecule has 2 nitrogen and oxygen atoms in total. The number of hydrogen-bond acceptors (Lipinski definition) is 1. The highest BCUT2D eigenvalue weighted by Gasteiger charge is 2.19. The first-order chi connectivity index (χ1) is 15.9. The Kier molecular flexibility index (Phi) is 7.43. The monoisotopic (exact) mass is 415 g/mol. The van der Waals surface area contributed by atoms with E-state index in [2.05, 4.69) is 125 Å². The van der Waals surface area contributed by atoms with E-state index in [-0.39, 0.29) is 6.17 Å². The fourth-order valence-corrected chi connectivity index (χ4v) is 3.43. The number of nitrogens with zero attached hydrogens (tertiary/aromatic N) is 1. The van der Waals surface area contributed by atoms with Crippen LogP contribution in [0.1, 0.15) is 11.1 Å². The van der Waals surface area contributed by atoms with Crippen LogP contribution in [0.15, 0.2) is 133 Å². The van der Waals surface area contributed by atoms with Crippen molar-refractivity contribution in [2.45, 2.75) is 6.17 Å². The predicted molar refractivity (Wildman–Crippen MR) is 137 cm³/mol. The molecule has 0 unspecified atom stereocenters. The minimum Gasteiger partial charge on any atom is -0.324 e. The lowest BCUT2D eigenvalue weighted by molar-refractivity contribution is -0.457. The van der Waals surface area contributed by atoms with Crippen LogP contribution in [0.4, 0.5) is 11.4 Å². The third kappa shape index (κ3) is 6.16. The lowest BCUT2D eigenvalue weighted by Gasteiger charge is -2.15. The Morgan fingerprint density at radius 1 is 0.562 bits per heavy atom. The number of rotatable bonds is 8. The highest BCUT2D eigenvalue weighted by atomic mass is 15.2. The standard InChI is InChI=1S/C30H27N2/c1-5-14-26(15-6-1)18-13-25-32(29-21-11-4-12-22-29)30(31-28-19-9-3-10-20-28)24-23-27-16-7-2-8-17-27/h1-25,30-31H/q+1/b18-13+,24-23+,32-25+/t30-/m0/s1. The summed E-state index contributed by atoms with van der Waals surface area (Å²) in [6.45, 7) is 0. The summed E-state index contributed by atoms with van der Waals surface area (Å²) in [6, 6.07) is 41.5. The molecule has 1 N–H and O–H groups in total. The zero-order valence-corrected chi connectivity index (χ0v) is 18.0. The fourth-order valence-electron chi connectivity index (χ4n) is 3.43. The maximum Gasteiger partial charge on any atom is 0.251 e. The van der Waals surface area contributed by atoms with E-state index in [0.717, 1.165) is 11.4 Å². The Balaban J connectivity index is 1.71. The smallest absolute Gasteiger partial charge is 0.251 e. The lowest BCUT2D eigenvalue weighted by atomic mass is 10.2. The molecular formula is C30H27N2+. The first-order valence-electron chi connectivity index (χ1n) is 10.8. The molecule has 0 aliphatic carbocycles. The molecule has 2 heteroatoms. The van der Waals surface area contributed by atoms with Gasteiger partial charge >= 0.3 is 0 Å². The second-order valence-electron chi connectivity index (χ2n) is 7.39. The maximum absolute atomic E-state index is 3.67. The Bertz CT molecular complexity index is 1160. The highest BCUT2D eigenvalue weighted by Crippen LogP contribution is 2.18. The Hall–Kier alpha value is -4.17. The molecule has 0 saturated heterocycles. The second-order valence-corrected chi connectivity index (χ2v) is 7.39. The van der Waals surface area contributed by atoms with Crippen LogP contribution in [-0.2, 0) is 0 Å². The number of nitrogens with one attached hydrogen (secondary N) is 1. The van der Waals surface area contributed by atoms with Gasteiger partial charge in [0.05, 0.1) is 0 Å². The van der Waals surface area contributed by atoms with Crippen LogP contribution in [0, 0.1) is 0 Å². The highest BCUT2D eigenvalue weighted by molar-refractivity contribution is 5.76. The van der Waals surface area contributed by atoms with Gasteiger partial charge in [-0.05, 0) is 29.3 Å². The molecule has 32 heavy (non-hydrogen) atoms. The van der Waals surface area contributed by atoms with Gasteiger partial charge in [0.1, 0.15) is 0 Å². The third-order valence-corrected chi connectivity index (χ3v) is 5.05. The minimum absolute atomic E-state index is 0.0829. The number of anilines is 1. The summed E-state index contributed by atoms with van der Waals surface area (Å²) in [5.74, 6) is 0. The normalized spacial score (nSPS) is 12.8. The summed E-state index contributed by atoms with van der Waals surface area (Å²) in [6.07, 6.45) is 10.6. The van der Waals surface area contributed by atoms with E-state index in [4.69, 9.17) is 0 Å². The molecule has 4 aromatic rings. The van der Waals surface area contributed by atoms with Crippen molar-refractivity contribution >= 4 is 29.7 Å². The van der Waals surface area contributed by atoms with Gasteiger partial charge in [0.25, 0.3) is 6.17 Å². The van der Waals surface area contributed by atoms with Crippen LogP contribution in [0.3, 0.4) is 0 Å². The van der Waals surface area contributed by atoms with E-state index in [0.29, 0.717) is 0 Å². The fraction of sp³-hybridized carbons (Fsp3) is 0.0333. The van der Waals surface area contributed by atoms with E-state index in [1.165, 1.54) is 11.1 Å². The van der Waals surface area contributed by atoms with Gasteiger partial charge in [0, 0.05) is 30.0 Å². The van der Waals surface area contributed by atoms with Gasteiger partial charge in [-0.3, -0.25) is 0 Å². The summed E-state index contributed by atoms with van der Waals surface area (Å²) in [7, 11) is 0. The van der Waals surface area contributed by atoms with Crippen LogP contribution in [0.25, 0.3) is 12.2 Å². The predicted octanol–water partition coefficient (Wildman–Crippen LogP) is 7.27. The number of benzene rings is 4. The maximum atomic E-state index is 3.67. The molecule has 0 heterocycles. The van der Waals surface area contributed by atoms with Crippen molar-refractivity contribution in [3.8, 4) is 0 Å². The molecule has 0 aliphatic heterocycles. The molecule has 4 aromatic carbocycles. The average Bonchev–Trinajstić information content (AvgIpc) is 2.87. The summed E-state index contributed by atoms with van der Waals surface area (Å²) in [4.78, 5) is 0. The molecule has 0 saturated carbocycles. The van der Waals surface area contributed by atoms with Gasteiger partial charge in [0.2, 0.25) is 5.69 Å². The summed E-state index contributed by atoms with van der Waals surface area (Å²) in [5.41, 5.74) is 4.51. The van der Waals surface area contributed by atoms with Crippen LogP contribution >= 0.6 is 0 Å². The van der Waals surface area contributed by atoms with E-state index >= 15 is 0 Å². The molecule has 0 bridgehead atoms. The van der Waals surface area contributed by atoms with E-state index in [1.54, 1.807) is 0 Å². The lowest BCUT2D eigenvalue weighted by Crippen LogP contribution is -2.29. The van der Waals surface area contributed by atoms with Crippen molar-refractivity contribution < 1.29 is 4.58 Å². The first-order valence-corrected chi connectivity index (χ1v) is 10.8. The summed E-state index contributed by atoms with van der Waals surface area (Å²) >= 11 is 0. The van der Waals surface area contributed by atoms with Crippen LogP contribution < -0.4 is 5.32 Å². The van der Waals surface area contributed by atoms with Crippen molar-refractivity contribution in [2.24, 2.45) is 0 Å².